The molecule has 5 heteroatoms. The first-order valence-corrected chi connectivity index (χ1v) is 6.45. The van der Waals surface area contributed by atoms with Gasteiger partial charge in [-0.1, -0.05) is 35.9 Å². The number of anilines is 1. The van der Waals surface area contributed by atoms with Gasteiger partial charge in [0.2, 0.25) is 0 Å². The Morgan fingerprint density at radius 3 is 2.43 bits per heavy atom. The molecule has 0 aliphatic carbocycles. The maximum Gasteiger partial charge on any atom is 0.313 e. The smallest absolute Gasteiger partial charge is 0.313 e. The van der Waals surface area contributed by atoms with E-state index in [2.05, 4.69) is 10.6 Å². The van der Waals surface area contributed by atoms with Gasteiger partial charge < -0.3 is 10.6 Å². The molecule has 0 atom stereocenters. The average Bonchev–Trinajstić information content (AvgIpc) is 2.46. The van der Waals surface area contributed by atoms with Gasteiger partial charge in [0, 0.05) is 12.2 Å². The Hall–Kier alpha value is -2.69. The molecule has 0 saturated carbocycles. The van der Waals surface area contributed by atoms with Gasteiger partial charge in [-0.25, -0.2) is 4.39 Å². The second-order valence-corrected chi connectivity index (χ2v) is 4.63. The number of carbonyl (C=O) groups is 2. The molecule has 0 unspecified atom stereocenters. The van der Waals surface area contributed by atoms with Gasteiger partial charge in [0.1, 0.15) is 5.82 Å². The minimum absolute atomic E-state index is 0.241. The Balaban J connectivity index is 1.88. The molecule has 108 valence electrons. The molecule has 0 saturated heterocycles. The average molecular weight is 286 g/mol. The predicted molar refractivity (Wildman–Crippen MR) is 78.1 cm³/mol. The van der Waals surface area contributed by atoms with Crippen molar-refractivity contribution in [3.05, 3.63) is 65.5 Å². The van der Waals surface area contributed by atoms with Gasteiger partial charge >= 0.3 is 11.8 Å². The van der Waals surface area contributed by atoms with Gasteiger partial charge in [0.15, 0.2) is 0 Å². The van der Waals surface area contributed by atoms with E-state index in [1.807, 2.05) is 31.2 Å². The lowest BCUT2D eigenvalue weighted by Crippen LogP contribution is -2.34. The number of hydrogen-bond acceptors (Lipinski definition) is 2. The van der Waals surface area contributed by atoms with E-state index in [9.17, 15) is 14.0 Å². The van der Waals surface area contributed by atoms with E-state index >= 15 is 0 Å². The highest BCUT2D eigenvalue weighted by Gasteiger charge is 2.13. The zero-order valence-electron chi connectivity index (χ0n) is 11.5. The largest absolute Gasteiger partial charge is 0.344 e. The van der Waals surface area contributed by atoms with Crippen molar-refractivity contribution in [1.29, 1.82) is 0 Å². The van der Waals surface area contributed by atoms with Crippen LogP contribution in [0.15, 0.2) is 48.5 Å². The molecule has 0 bridgehead atoms. The zero-order chi connectivity index (χ0) is 15.2. The van der Waals surface area contributed by atoms with E-state index in [1.165, 1.54) is 18.2 Å². The molecule has 0 fully saturated rings. The van der Waals surface area contributed by atoms with Crippen LogP contribution in [0, 0.1) is 12.7 Å². The zero-order valence-corrected chi connectivity index (χ0v) is 11.5. The van der Waals surface area contributed by atoms with Crippen LogP contribution < -0.4 is 10.6 Å². The molecule has 0 aliphatic rings. The third-order valence-corrected chi connectivity index (χ3v) is 2.86. The van der Waals surface area contributed by atoms with E-state index in [1.54, 1.807) is 0 Å². The Bertz CT molecular complexity index is 654. The molecule has 0 aromatic heterocycles. The molecule has 2 N–H and O–H groups in total. The van der Waals surface area contributed by atoms with Gasteiger partial charge in [-0.2, -0.15) is 0 Å². The van der Waals surface area contributed by atoms with Crippen molar-refractivity contribution in [2.75, 3.05) is 5.32 Å². The number of rotatable bonds is 3. The third kappa shape index (κ3) is 4.42. The van der Waals surface area contributed by atoms with Crippen LogP contribution in [0.2, 0.25) is 0 Å². The molecule has 21 heavy (non-hydrogen) atoms. The molecule has 4 nitrogen and oxygen atoms in total. The number of carbonyl (C=O) groups excluding carboxylic acids is 2. The molecule has 2 aromatic carbocycles. The van der Waals surface area contributed by atoms with Gasteiger partial charge in [0.25, 0.3) is 0 Å². The Morgan fingerprint density at radius 1 is 1.05 bits per heavy atom. The van der Waals surface area contributed by atoms with Gasteiger partial charge in [0.05, 0.1) is 0 Å². The van der Waals surface area contributed by atoms with Crippen LogP contribution in [0.4, 0.5) is 10.1 Å². The summed E-state index contributed by atoms with van der Waals surface area (Å²) in [4.78, 5) is 23.3. The predicted octanol–water partition coefficient (Wildman–Crippen LogP) is 2.39. The maximum absolute atomic E-state index is 13.0. The monoisotopic (exact) mass is 286 g/mol. The SMILES string of the molecule is Cc1ccc(CNC(=O)C(=O)Nc2cccc(F)c2)cc1. The quantitative estimate of drug-likeness (QED) is 0.851. The second kappa shape index (κ2) is 6.65. The standard InChI is InChI=1S/C16H15FN2O2/c1-11-5-7-12(8-6-11)10-18-15(20)16(21)19-14-4-2-3-13(17)9-14/h2-9H,10H2,1H3,(H,18,20)(H,19,21). The summed E-state index contributed by atoms with van der Waals surface area (Å²) in [6.07, 6.45) is 0. The summed E-state index contributed by atoms with van der Waals surface area (Å²) in [5.74, 6) is -2.07. The summed E-state index contributed by atoms with van der Waals surface area (Å²) in [7, 11) is 0. The van der Waals surface area contributed by atoms with Crippen molar-refractivity contribution in [2.24, 2.45) is 0 Å². The summed E-state index contributed by atoms with van der Waals surface area (Å²) >= 11 is 0. The van der Waals surface area contributed by atoms with Crippen molar-refractivity contribution in [1.82, 2.24) is 5.32 Å². The lowest BCUT2D eigenvalue weighted by molar-refractivity contribution is -0.136. The second-order valence-electron chi connectivity index (χ2n) is 4.63. The number of amides is 2. The van der Waals surface area contributed by atoms with Gasteiger partial charge in [-0.15, -0.1) is 0 Å². The van der Waals surface area contributed by atoms with Crippen LogP contribution in [-0.4, -0.2) is 11.8 Å². The highest BCUT2D eigenvalue weighted by molar-refractivity contribution is 6.39. The van der Waals surface area contributed by atoms with Gasteiger partial charge in [-0.05, 0) is 30.7 Å². The number of hydrogen-bond donors (Lipinski definition) is 2. The topological polar surface area (TPSA) is 58.2 Å². The van der Waals surface area contributed by atoms with Crippen molar-refractivity contribution in [3.63, 3.8) is 0 Å². The van der Waals surface area contributed by atoms with E-state index in [-0.39, 0.29) is 12.2 Å². The molecule has 0 spiro atoms. The Morgan fingerprint density at radius 2 is 1.76 bits per heavy atom. The fourth-order valence-corrected chi connectivity index (χ4v) is 1.72. The molecule has 0 aliphatic heterocycles. The number of benzene rings is 2. The van der Waals surface area contributed by atoms with Crippen molar-refractivity contribution < 1.29 is 14.0 Å². The lowest BCUT2D eigenvalue weighted by atomic mass is 10.1. The first kappa shape index (κ1) is 14.7. The fraction of sp³-hybridized carbons (Fsp3) is 0.125. The lowest BCUT2D eigenvalue weighted by Gasteiger charge is -2.07. The molecule has 2 amide bonds. The summed E-state index contributed by atoms with van der Waals surface area (Å²) in [5, 5.41) is 4.85. The van der Waals surface area contributed by atoms with E-state index < -0.39 is 17.6 Å². The molecule has 0 radical (unpaired) electrons. The van der Waals surface area contributed by atoms with Crippen LogP contribution in [-0.2, 0) is 16.1 Å². The molecule has 2 rings (SSSR count). The number of aryl methyl sites for hydroxylation is 1. The van der Waals surface area contributed by atoms with Gasteiger partial charge in [-0.3, -0.25) is 9.59 Å². The Kier molecular flexibility index (Phi) is 4.66. The summed E-state index contributed by atoms with van der Waals surface area (Å²) in [5.41, 5.74) is 2.26. The third-order valence-electron chi connectivity index (χ3n) is 2.86. The van der Waals surface area contributed by atoms with E-state index in [0.717, 1.165) is 17.2 Å². The van der Waals surface area contributed by atoms with E-state index in [0.29, 0.717) is 0 Å². The summed E-state index contributed by atoms with van der Waals surface area (Å²) < 4.78 is 13.0. The van der Waals surface area contributed by atoms with Crippen molar-refractivity contribution >= 4 is 17.5 Å². The van der Waals surface area contributed by atoms with Crippen LogP contribution in [0.5, 0.6) is 0 Å². The maximum atomic E-state index is 13.0. The normalized spacial score (nSPS) is 10.0. The first-order valence-electron chi connectivity index (χ1n) is 6.45. The van der Waals surface area contributed by atoms with Crippen LogP contribution in [0.25, 0.3) is 0 Å². The van der Waals surface area contributed by atoms with E-state index in [4.69, 9.17) is 0 Å². The van der Waals surface area contributed by atoms with Crippen molar-refractivity contribution in [3.8, 4) is 0 Å². The highest BCUT2D eigenvalue weighted by atomic mass is 19.1. The molecule has 0 heterocycles. The van der Waals surface area contributed by atoms with Crippen molar-refractivity contribution in [2.45, 2.75) is 13.5 Å². The highest BCUT2D eigenvalue weighted by Crippen LogP contribution is 2.08. The molecule has 2 aromatic rings. The first-order chi connectivity index (χ1) is 10.0. The molecular weight excluding hydrogens is 271 g/mol. The number of halogens is 1. The van der Waals surface area contributed by atoms with Crippen LogP contribution >= 0.6 is 0 Å². The minimum atomic E-state index is -0.826. The van der Waals surface area contributed by atoms with Crippen LogP contribution in [0.1, 0.15) is 11.1 Å². The Labute approximate surface area is 122 Å². The minimum Gasteiger partial charge on any atom is -0.344 e. The summed E-state index contributed by atoms with van der Waals surface area (Å²) in [6.45, 7) is 2.23. The molecular formula is C16H15FN2O2. The van der Waals surface area contributed by atoms with Crippen LogP contribution in [0.3, 0.4) is 0 Å². The summed E-state index contributed by atoms with van der Waals surface area (Å²) in [6, 6.07) is 13.0. The fourth-order valence-electron chi connectivity index (χ4n) is 1.72. The number of nitrogens with one attached hydrogen (secondary N) is 2.